The number of carbonyl (C=O) groups excluding carboxylic acids is 2. The van der Waals surface area contributed by atoms with Gasteiger partial charge in [0.05, 0.1) is 5.41 Å². The number of aryl methyl sites for hydroxylation is 1. The predicted octanol–water partition coefficient (Wildman–Crippen LogP) is 2.73. The molecule has 2 N–H and O–H groups in total. The van der Waals surface area contributed by atoms with Gasteiger partial charge in [-0.15, -0.1) is 0 Å². The first kappa shape index (κ1) is 21.2. The van der Waals surface area contributed by atoms with E-state index in [1.807, 2.05) is 36.1 Å². The van der Waals surface area contributed by atoms with Crippen LogP contribution in [0.25, 0.3) is 0 Å². The Bertz CT molecular complexity index is 761. The van der Waals surface area contributed by atoms with Crippen molar-refractivity contribution in [3.8, 4) is 5.75 Å². The highest BCUT2D eigenvalue weighted by Crippen LogP contribution is 2.46. The maximum absolute atomic E-state index is 12.5. The summed E-state index contributed by atoms with van der Waals surface area (Å²) in [6.07, 6.45) is 7.27. The highest BCUT2D eigenvalue weighted by atomic mass is 16.5. The number of piperidine rings is 2. The minimum absolute atomic E-state index is 0.0609. The van der Waals surface area contributed by atoms with Crippen molar-refractivity contribution >= 4 is 11.8 Å². The Labute approximate surface area is 179 Å². The largest absolute Gasteiger partial charge is 0.484 e. The molecule has 6 nitrogen and oxygen atoms in total. The quantitative estimate of drug-likeness (QED) is 0.746. The summed E-state index contributed by atoms with van der Waals surface area (Å²) in [6.45, 7) is 5.57. The molecule has 0 radical (unpaired) electrons. The third-order valence-electron chi connectivity index (χ3n) is 7.34. The Morgan fingerprint density at radius 2 is 1.80 bits per heavy atom. The van der Waals surface area contributed by atoms with Gasteiger partial charge in [-0.25, -0.2) is 0 Å². The third-order valence-corrected chi connectivity index (χ3v) is 7.34. The van der Waals surface area contributed by atoms with Crippen LogP contribution in [0.2, 0.25) is 0 Å². The van der Waals surface area contributed by atoms with Gasteiger partial charge in [0.1, 0.15) is 5.75 Å². The molecule has 0 atom stereocenters. The van der Waals surface area contributed by atoms with Crippen molar-refractivity contribution in [2.45, 2.75) is 57.9 Å². The molecule has 2 saturated heterocycles. The number of nitrogens with zero attached hydrogens (tertiary/aromatic N) is 2. The summed E-state index contributed by atoms with van der Waals surface area (Å²) in [6, 6.07) is 8.29. The number of benzene rings is 1. The molecule has 3 aliphatic rings. The van der Waals surface area contributed by atoms with Crippen LogP contribution in [-0.4, -0.2) is 60.4 Å². The van der Waals surface area contributed by atoms with Crippen molar-refractivity contribution in [1.82, 2.24) is 9.80 Å². The van der Waals surface area contributed by atoms with Crippen LogP contribution in [0.5, 0.6) is 5.75 Å². The number of carbonyl (C=O) groups is 2. The predicted molar refractivity (Wildman–Crippen MR) is 116 cm³/mol. The van der Waals surface area contributed by atoms with Crippen LogP contribution in [0, 0.1) is 18.3 Å². The summed E-state index contributed by atoms with van der Waals surface area (Å²) in [5.74, 6) is 1.44. The van der Waals surface area contributed by atoms with Gasteiger partial charge in [-0.1, -0.05) is 25.0 Å². The molecule has 1 aromatic rings. The topological polar surface area (TPSA) is 75.9 Å². The zero-order chi connectivity index (χ0) is 21.1. The highest BCUT2D eigenvalue weighted by molar-refractivity contribution is 5.81. The van der Waals surface area contributed by atoms with Crippen molar-refractivity contribution < 1.29 is 14.3 Å². The van der Waals surface area contributed by atoms with Crippen LogP contribution in [-0.2, 0) is 9.59 Å². The standard InChI is InChI=1S/C24H35N3O3/c1-18-3-2-4-21(15-18)30-17-22(28)27-11-7-20(8-12-27)26-13-9-24(10-14-26,23(25)29)16-19-5-6-19/h2-4,15,19-20H,5-14,16-17H2,1H3,(H2,25,29). The van der Waals surface area contributed by atoms with E-state index in [0.717, 1.165) is 75.5 Å². The molecule has 1 aliphatic carbocycles. The molecule has 2 amide bonds. The van der Waals surface area contributed by atoms with Crippen LogP contribution in [0.1, 0.15) is 50.5 Å². The van der Waals surface area contributed by atoms with E-state index >= 15 is 0 Å². The van der Waals surface area contributed by atoms with Crippen molar-refractivity contribution in [2.75, 3.05) is 32.8 Å². The smallest absolute Gasteiger partial charge is 0.260 e. The molecule has 1 saturated carbocycles. The van der Waals surface area contributed by atoms with Gasteiger partial charge in [-0.05, 0) is 75.7 Å². The third kappa shape index (κ3) is 4.97. The maximum Gasteiger partial charge on any atom is 0.260 e. The first-order valence-corrected chi connectivity index (χ1v) is 11.5. The minimum Gasteiger partial charge on any atom is -0.484 e. The molecule has 0 bridgehead atoms. The second-order valence-corrected chi connectivity index (χ2v) is 9.55. The molecule has 3 fully saturated rings. The van der Waals surface area contributed by atoms with Gasteiger partial charge in [0.2, 0.25) is 5.91 Å². The van der Waals surface area contributed by atoms with Crippen LogP contribution < -0.4 is 10.5 Å². The molecule has 2 aliphatic heterocycles. The van der Waals surface area contributed by atoms with Crippen molar-refractivity contribution in [1.29, 1.82) is 0 Å². The number of amides is 2. The van der Waals surface area contributed by atoms with E-state index in [4.69, 9.17) is 10.5 Å². The molecule has 0 unspecified atom stereocenters. The minimum atomic E-state index is -0.276. The van der Waals surface area contributed by atoms with E-state index in [0.29, 0.717) is 6.04 Å². The summed E-state index contributed by atoms with van der Waals surface area (Å²) < 4.78 is 5.68. The number of likely N-dealkylation sites (tertiary alicyclic amines) is 2. The fourth-order valence-corrected chi connectivity index (χ4v) is 5.16. The van der Waals surface area contributed by atoms with E-state index in [2.05, 4.69) is 4.90 Å². The molecular weight excluding hydrogens is 378 g/mol. The Balaban J connectivity index is 1.22. The van der Waals surface area contributed by atoms with Crippen molar-refractivity contribution in [2.24, 2.45) is 17.1 Å². The number of ether oxygens (including phenoxy) is 1. The number of rotatable bonds is 7. The molecule has 1 aromatic carbocycles. The average Bonchev–Trinajstić information content (AvgIpc) is 3.56. The van der Waals surface area contributed by atoms with Gasteiger partial charge in [0.15, 0.2) is 6.61 Å². The summed E-state index contributed by atoms with van der Waals surface area (Å²) in [5, 5.41) is 0. The molecule has 4 rings (SSSR count). The molecule has 30 heavy (non-hydrogen) atoms. The Kier molecular flexibility index (Phi) is 6.32. The summed E-state index contributed by atoms with van der Waals surface area (Å²) in [7, 11) is 0. The maximum atomic E-state index is 12.5. The molecule has 164 valence electrons. The molecule has 0 spiro atoms. The number of hydrogen-bond acceptors (Lipinski definition) is 4. The van der Waals surface area contributed by atoms with Crippen LogP contribution in [0.15, 0.2) is 24.3 Å². The van der Waals surface area contributed by atoms with Crippen molar-refractivity contribution in [3.05, 3.63) is 29.8 Å². The van der Waals surface area contributed by atoms with Gasteiger partial charge in [-0.2, -0.15) is 0 Å². The SMILES string of the molecule is Cc1cccc(OCC(=O)N2CCC(N3CCC(CC4CC4)(C(N)=O)CC3)CC2)c1. The van der Waals surface area contributed by atoms with Gasteiger partial charge in [0, 0.05) is 19.1 Å². The molecule has 6 heteroatoms. The van der Waals surface area contributed by atoms with E-state index in [9.17, 15) is 9.59 Å². The van der Waals surface area contributed by atoms with E-state index in [-0.39, 0.29) is 23.8 Å². The fourth-order valence-electron chi connectivity index (χ4n) is 5.16. The normalized spacial score (nSPS) is 22.6. The Morgan fingerprint density at radius 3 is 2.40 bits per heavy atom. The van der Waals surface area contributed by atoms with E-state index in [1.165, 1.54) is 12.8 Å². The summed E-state index contributed by atoms with van der Waals surface area (Å²) >= 11 is 0. The van der Waals surface area contributed by atoms with E-state index in [1.54, 1.807) is 0 Å². The molecule has 2 heterocycles. The lowest BCUT2D eigenvalue weighted by Crippen LogP contribution is -2.53. The Hall–Kier alpha value is -2.08. The number of nitrogens with two attached hydrogens (primary N) is 1. The van der Waals surface area contributed by atoms with Gasteiger partial charge < -0.3 is 20.3 Å². The van der Waals surface area contributed by atoms with Gasteiger partial charge >= 0.3 is 0 Å². The van der Waals surface area contributed by atoms with Crippen LogP contribution in [0.4, 0.5) is 0 Å². The lowest BCUT2D eigenvalue weighted by atomic mass is 9.73. The highest BCUT2D eigenvalue weighted by Gasteiger charge is 2.44. The van der Waals surface area contributed by atoms with Crippen LogP contribution in [0.3, 0.4) is 0 Å². The zero-order valence-electron chi connectivity index (χ0n) is 18.1. The number of primary amides is 1. The van der Waals surface area contributed by atoms with Gasteiger partial charge in [-0.3, -0.25) is 9.59 Å². The summed E-state index contributed by atoms with van der Waals surface area (Å²) in [4.78, 5) is 29.2. The lowest BCUT2D eigenvalue weighted by molar-refractivity contribution is -0.136. The average molecular weight is 414 g/mol. The molecule has 0 aromatic heterocycles. The Morgan fingerprint density at radius 1 is 1.10 bits per heavy atom. The summed E-state index contributed by atoms with van der Waals surface area (Å²) in [5.41, 5.74) is 6.67. The zero-order valence-corrected chi connectivity index (χ0v) is 18.1. The fraction of sp³-hybridized carbons (Fsp3) is 0.667. The first-order chi connectivity index (χ1) is 14.4. The second-order valence-electron chi connectivity index (χ2n) is 9.55. The van der Waals surface area contributed by atoms with Crippen LogP contribution >= 0.6 is 0 Å². The lowest BCUT2D eigenvalue weighted by Gasteiger charge is -2.45. The second kappa shape index (κ2) is 8.96. The molecular formula is C24H35N3O3. The number of hydrogen-bond donors (Lipinski definition) is 1. The van der Waals surface area contributed by atoms with E-state index < -0.39 is 0 Å². The van der Waals surface area contributed by atoms with Crippen molar-refractivity contribution in [3.63, 3.8) is 0 Å². The first-order valence-electron chi connectivity index (χ1n) is 11.5. The van der Waals surface area contributed by atoms with Gasteiger partial charge in [0.25, 0.3) is 5.91 Å². The monoisotopic (exact) mass is 413 g/mol.